The third-order valence-corrected chi connectivity index (χ3v) is 2.85. The number of guanidine groups is 1. The van der Waals surface area contributed by atoms with E-state index in [0.717, 1.165) is 50.7 Å². The van der Waals surface area contributed by atoms with Crippen molar-refractivity contribution in [3.63, 3.8) is 0 Å². The minimum atomic E-state index is 0.713. The van der Waals surface area contributed by atoms with Crippen LogP contribution in [0.1, 0.15) is 32.5 Å². The van der Waals surface area contributed by atoms with Crippen molar-refractivity contribution in [1.82, 2.24) is 25.4 Å². The molecule has 0 aliphatic heterocycles. The van der Waals surface area contributed by atoms with Gasteiger partial charge in [0.25, 0.3) is 0 Å². The smallest absolute Gasteiger partial charge is 0.191 e. The van der Waals surface area contributed by atoms with Crippen molar-refractivity contribution in [2.24, 2.45) is 4.99 Å². The third-order valence-electron chi connectivity index (χ3n) is 2.85. The van der Waals surface area contributed by atoms with Gasteiger partial charge in [-0.2, -0.15) is 0 Å². The Morgan fingerprint density at radius 1 is 1.45 bits per heavy atom. The molecule has 0 unspecified atom stereocenters. The highest BCUT2D eigenvalue weighted by atomic mass is 15.3. The zero-order chi connectivity index (χ0) is 14.6. The van der Waals surface area contributed by atoms with E-state index in [1.54, 1.807) is 6.33 Å². The third kappa shape index (κ3) is 5.86. The molecule has 1 aromatic rings. The Morgan fingerprint density at radius 3 is 3.00 bits per heavy atom. The topological polar surface area (TPSA) is 67.1 Å². The fraction of sp³-hybridized carbons (Fsp3) is 0.643. The molecule has 0 amide bonds. The van der Waals surface area contributed by atoms with Gasteiger partial charge in [-0.05, 0) is 6.42 Å². The van der Waals surface area contributed by atoms with E-state index in [0.29, 0.717) is 6.54 Å². The lowest BCUT2D eigenvalue weighted by molar-refractivity contribution is 0.633. The van der Waals surface area contributed by atoms with Gasteiger partial charge in [0, 0.05) is 32.6 Å². The lowest BCUT2D eigenvalue weighted by Crippen LogP contribution is -2.39. The molecule has 1 aromatic heterocycles. The van der Waals surface area contributed by atoms with Crippen LogP contribution < -0.4 is 10.6 Å². The summed E-state index contributed by atoms with van der Waals surface area (Å²) in [6, 6.07) is 0. The molecule has 0 aromatic carbocycles. The number of rotatable bonds is 9. The Labute approximate surface area is 121 Å². The molecule has 6 nitrogen and oxygen atoms in total. The first kappa shape index (κ1) is 16.2. The second-order valence-electron chi connectivity index (χ2n) is 4.47. The van der Waals surface area contributed by atoms with Gasteiger partial charge in [-0.1, -0.05) is 26.3 Å². The Kier molecular flexibility index (Phi) is 8.10. The fourth-order valence-corrected chi connectivity index (χ4v) is 1.73. The van der Waals surface area contributed by atoms with E-state index in [-0.39, 0.29) is 0 Å². The van der Waals surface area contributed by atoms with Crippen molar-refractivity contribution in [2.75, 3.05) is 19.6 Å². The monoisotopic (exact) mass is 278 g/mol. The minimum Gasteiger partial charge on any atom is -0.355 e. The summed E-state index contributed by atoms with van der Waals surface area (Å²) < 4.78 is 2.06. The highest BCUT2D eigenvalue weighted by Crippen LogP contribution is 1.94. The summed E-state index contributed by atoms with van der Waals surface area (Å²) in [5.74, 6) is 1.85. The van der Waals surface area contributed by atoms with Crippen LogP contribution >= 0.6 is 0 Å². The summed E-state index contributed by atoms with van der Waals surface area (Å²) >= 11 is 0. The molecule has 0 saturated carbocycles. The second-order valence-corrected chi connectivity index (χ2v) is 4.47. The molecular formula is C14H26N6. The molecule has 0 aliphatic carbocycles. The maximum absolute atomic E-state index is 4.52. The van der Waals surface area contributed by atoms with Gasteiger partial charge in [0.1, 0.15) is 12.2 Å². The molecule has 2 N–H and O–H groups in total. The standard InChI is InChI=1S/C14H26N6/c1-4-7-9-16-14(15-8-5-2)17-10-11-20-12-18-19-13(20)6-3/h5,12H,2,4,6-11H2,1,3H3,(H2,15,16,17). The van der Waals surface area contributed by atoms with Crippen LogP contribution in [-0.4, -0.2) is 40.4 Å². The highest BCUT2D eigenvalue weighted by molar-refractivity contribution is 5.79. The molecule has 0 aliphatic rings. The summed E-state index contributed by atoms with van der Waals surface area (Å²) in [4.78, 5) is 4.52. The molecular weight excluding hydrogens is 252 g/mol. The molecule has 112 valence electrons. The zero-order valence-corrected chi connectivity index (χ0v) is 12.6. The first-order valence-electron chi connectivity index (χ1n) is 7.31. The summed E-state index contributed by atoms with van der Waals surface area (Å²) in [5.41, 5.74) is 0. The predicted octanol–water partition coefficient (Wildman–Crippen LogP) is 1.36. The van der Waals surface area contributed by atoms with Gasteiger partial charge in [-0.3, -0.25) is 4.99 Å². The van der Waals surface area contributed by atoms with E-state index >= 15 is 0 Å². The van der Waals surface area contributed by atoms with Crippen molar-refractivity contribution < 1.29 is 0 Å². The summed E-state index contributed by atoms with van der Waals surface area (Å²) in [5, 5.41) is 14.5. The van der Waals surface area contributed by atoms with Gasteiger partial charge in [0.05, 0.1) is 0 Å². The van der Waals surface area contributed by atoms with E-state index in [1.165, 1.54) is 0 Å². The lowest BCUT2D eigenvalue weighted by Gasteiger charge is -2.12. The molecule has 1 heterocycles. The fourth-order valence-electron chi connectivity index (χ4n) is 1.73. The summed E-state index contributed by atoms with van der Waals surface area (Å²) in [6.45, 7) is 11.1. The van der Waals surface area contributed by atoms with Gasteiger partial charge < -0.3 is 15.2 Å². The van der Waals surface area contributed by atoms with Crippen LogP contribution in [0.3, 0.4) is 0 Å². The average molecular weight is 278 g/mol. The summed E-state index contributed by atoms with van der Waals surface area (Å²) in [7, 11) is 0. The predicted molar refractivity (Wildman–Crippen MR) is 82.8 cm³/mol. The Bertz CT molecular complexity index is 410. The van der Waals surface area contributed by atoms with E-state index in [2.05, 4.69) is 50.8 Å². The number of nitrogens with one attached hydrogen (secondary N) is 2. The van der Waals surface area contributed by atoms with Gasteiger partial charge >= 0.3 is 0 Å². The van der Waals surface area contributed by atoms with Crippen LogP contribution in [0.15, 0.2) is 24.0 Å². The van der Waals surface area contributed by atoms with Crippen LogP contribution in [0.2, 0.25) is 0 Å². The van der Waals surface area contributed by atoms with E-state index in [4.69, 9.17) is 0 Å². The summed E-state index contributed by atoms with van der Waals surface area (Å²) in [6.07, 6.45) is 6.74. The normalized spacial score (nSPS) is 11.4. The molecule has 1 rings (SSSR count). The number of hydrogen-bond acceptors (Lipinski definition) is 3. The first-order valence-corrected chi connectivity index (χ1v) is 7.31. The molecule has 6 heteroatoms. The first-order chi connectivity index (χ1) is 9.81. The number of nitrogens with zero attached hydrogens (tertiary/aromatic N) is 4. The Morgan fingerprint density at radius 2 is 2.30 bits per heavy atom. The maximum Gasteiger partial charge on any atom is 0.191 e. The highest BCUT2D eigenvalue weighted by Gasteiger charge is 2.01. The molecule has 0 radical (unpaired) electrons. The number of hydrogen-bond donors (Lipinski definition) is 2. The van der Waals surface area contributed by atoms with Gasteiger partial charge in [0.2, 0.25) is 0 Å². The van der Waals surface area contributed by atoms with Crippen molar-refractivity contribution in [2.45, 2.75) is 39.7 Å². The van der Waals surface area contributed by atoms with E-state index in [1.807, 2.05) is 6.08 Å². The number of aliphatic imine (C=N–C) groups is 1. The van der Waals surface area contributed by atoms with Crippen molar-refractivity contribution >= 4 is 5.96 Å². The lowest BCUT2D eigenvalue weighted by atomic mass is 10.3. The Hall–Kier alpha value is -1.85. The molecule has 0 saturated heterocycles. The van der Waals surface area contributed by atoms with Crippen LogP contribution in [0.5, 0.6) is 0 Å². The van der Waals surface area contributed by atoms with Crippen molar-refractivity contribution in [1.29, 1.82) is 0 Å². The van der Waals surface area contributed by atoms with Crippen molar-refractivity contribution in [3.05, 3.63) is 24.8 Å². The molecule has 0 spiro atoms. The molecule has 0 atom stereocenters. The van der Waals surface area contributed by atoms with Gasteiger partial charge in [0.15, 0.2) is 5.96 Å². The molecule has 0 fully saturated rings. The largest absolute Gasteiger partial charge is 0.355 e. The minimum absolute atomic E-state index is 0.713. The SMILES string of the molecule is C=CCNC(=NCCCC)NCCn1cnnc1CC. The maximum atomic E-state index is 4.52. The van der Waals surface area contributed by atoms with Gasteiger partial charge in [-0.15, -0.1) is 16.8 Å². The van der Waals surface area contributed by atoms with Gasteiger partial charge in [-0.25, -0.2) is 0 Å². The van der Waals surface area contributed by atoms with Crippen LogP contribution in [0.4, 0.5) is 0 Å². The second kappa shape index (κ2) is 10.00. The molecule has 20 heavy (non-hydrogen) atoms. The quantitative estimate of drug-likeness (QED) is 0.310. The Balaban J connectivity index is 2.40. The van der Waals surface area contributed by atoms with Crippen LogP contribution in [-0.2, 0) is 13.0 Å². The van der Waals surface area contributed by atoms with Crippen LogP contribution in [0, 0.1) is 0 Å². The number of unbranched alkanes of at least 4 members (excludes halogenated alkanes) is 1. The average Bonchev–Trinajstić information content (AvgIpc) is 2.91. The molecule has 0 bridgehead atoms. The zero-order valence-electron chi connectivity index (χ0n) is 12.6. The number of aryl methyl sites for hydroxylation is 1. The van der Waals surface area contributed by atoms with Crippen molar-refractivity contribution in [3.8, 4) is 0 Å². The van der Waals surface area contributed by atoms with E-state index < -0.39 is 0 Å². The number of aromatic nitrogens is 3. The van der Waals surface area contributed by atoms with Crippen LogP contribution in [0.25, 0.3) is 0 Å². The van der Waals surface area contributed by atoms with E-state index in [9.17, 15) is 0 Å².